The van der Waals surface area contributed by atoms with E-state index in [4.69, 9.17) is 4.74 Å². The van der Waals surface area contributed by atoms with Crippen LogP contribution in [0.15, 0.2) is 24.3 Å². The summed E-state index contributed by atoms with van der Waals surface area (Å²) in [4.78, 5) is 0. The lowest BCUT2D eigenvalue weighted by Gasteiger charge is -2.43. The summed E-state index contributed by atoms with van der Waals surface area (Å²) in [5.74, 6) is 0.873. The molecule has 1 unspecified atom stereocenters. The van der Waals surface area contributed by atoms with Gasteiger partial charge in [-0.2, -0.15) is 0 Å². The number of benzene rings is 1. The minimum Gasteiger partial charge on any atom is -0.375 e. The molecule has 3 aliphatic rings. The molecule has 1 atom stereocenters. The predicted octanol–water partition coefficient (Wildman–Crippen LogP) is 4.26. The van der Waals surface area contributed by atoms with Gasteiger partial charge in [0.25, 0.3) is 0 Å². The van der Waals surface area contributed by atoms with Gasteiger partial charge in [0.05, 0.1) is 5.60 Å². The molecular formula is C21H31NO. The van der Waals surface area contributed by atoms with Gasteiger partial charge in [-0.25, -0.2) is 0 Å². The highest BCUT2D eigenvalue weighted by Gasteiger charge is 2.38. The summed E-state index contributed by atoms with van der Waals surface area (Å²) in [6.07, 6.45) is 13.2. The molecule has 0 bridgehead atoms. The second-order valence-electron chi connectivity index (χ2n) is 8.07. The zero-order valence-electron chi connectivity index (χ0n) is 14.4. The lowest BCUT2D eigenvalue weighted by molar-refractivity contribution is -0.118. The molecule has 0 radical (unpaired) electrons. The zero-order chi connectivity index (χ0) is 15.5. The van der Waals surface area contributed by atoms with Crippen LogP contribution in [0.3, 0.4) is 0 Å². The van der Waals surface area contributed by atoms with Crippen LogP contribution in [-0.2, 0) is 17.6 Å². The molecule has 0 amide bonds. The average Bonchev–Trinajstić information content (AvgIpc) is 2.98. The van der Waals surface area contributed by atoms with Crippen molar-refractivity contribution < 1.29 is 4.74 Å². The first kappa shape index (κ1) is 15.7. The van der Waals surface area contributed by atoms with E-state index in [1.54, 1.807) is 11.1 Å². The van der Waals surface area contributed by atoms with Gasteiger partial charge < -0.3 is 10.1 Å². The molecule has 2 heteroatoms. The number of fused-ring (bicyclic) bond motifs is 1. The molecule has 2 nitrogen and oxygen atoms in total. The van der Waals surface area contributed by atoms with Crippen LogP contribution < -0.4 is 5.32 Å². The van der Waals surface area contributed by atoms with Gasteiger partial charge in [-0.05, 0) is 68.5 Å². The average molecular weight is 313 g/mol. The second-order valence-corrected chi connectivity index (χ2v) is 8.07. The Hall–Kier alpha value is -0.860. The highest BCUT2D eigenvalue weighted by Crippen LogP contribution is 2.41. The summed E-state index contributed by atoms with van der Waals surface area (Å²) in [6, 6.07) is 9.60. The minimum absolute atomic E-state index is 0.269. The van der Waals surface area contributed by atoms with E-state index in [1.807, 2.05) is 0 Å². The Balaban J connectivity index is 1.23. The van der Waals surface area contributed by atoms with Crippen molar-refractivity contribution in [2.45, 2.75) is 75.9 Å². The largest absolute Gasteiger partial charge is 0.375 e. The summed E-state index contributed by atoms with van der Waals surface area (Å²) in [7, 11) is 0. The second kappa shape index (κ2) is 6.94. The zero-order valence-corrected chi connectivity index (χ0v) is 14.4. The molecule has 1 N–H and O–H groups in total. The normalized spacial score (nSPS) is 27.2. The van der Waals surface area contributed by atoms with Crippen molar-refractivity contribution in [2.75, 3.05) is 13.2 Å². The number of hydrogen-bond acceptors (Lipinski definition) is 2. The fourth-order valence-electron chi connectivity index (χ4n) is 5.11. The van der Waals surface area contributed by atoms with Crippen LogP contribution in [-0.4, -0.2) is 24.8 Å². The molecule has 1 saturated heterocycles. The van der Waals surface area contributed by atoms with Gasteiger partial charge in [0, 0.05) is 12.6 Å². The maximum Gasteiger partial charge on any atom is 0.0685 e. The number of nitrogens with one attached hydrogen (secondary N) is 1. The molecule has 2 fully saturated rings. The van der Waals surface area contributed by atoms with Crippen LogP contribution in [0.1, 0.15) is 62.5 Å². The van der Waals surface area contributed by atoms with Crippen molar-refractivity contribution in [3.05, 3.63) is 35.4 Å². The van der Waals surface area contributed by atoms with Crippen LogP contribution in [0.2, 0.25) is 0 Å². The van der Waals surface area contributed by atoms with E-state index in [-0.39, 0.29) is 5.60 Å². The minimum atomic E-state index is 0.269. The van der Waals surface area contributed by atoms with E-state index >= 15 is 0 Å². The highest BCUT2D eigenvalue weighted by atomic mass is 16.5. The molecule has 1 spiro atoms. The van der Waals surface area contributed by atoms with Crippen molar-refractivity contribution in [2.24, 2.45) is 5.92 Å². The smallest absolute Gasteiger partial charge is 0.0685 e. The number of rotatable bonds is 4. The summed E-state index contributed by atoms with van der Waals surface area (Å²) >= 11 is 0. The van der Waals surface area contributed by atoms with Crippen molar-refractivity contribution in [3.63, 3.8) is 0 Å². The summed E-state index contributed by atoms with van der Waals surface area (Å²) in [6.45, 7) is 2.18. The Morgan fingerprint density at radius 1 is 1.04 bits per heavy atom. The van der Waals surface area contributed by atoms with Gasteiger partial charge >= 0.3 is 0 Å². The summed E-state index contributed by atoms with van der Waals surface area (Å²) in [5.41, 5.74) is 3.37. The van der Waals surface area contributed by atoms with E-state index in [0.717, 1.165) is 12.5 Å². The van der Waals surface area contributed by atoms with E-state index in [1.165, 1.54) is 70.8 Å². The Labute approximate surface area is 141 Å². The molecule has 1 aromatic rings. The van der Waals surface area contributed by atoms with E-state index in [0.29, 0.717) is 6.04 Å². The predicted molar refractivity (Wildman–Crippen MR) is 94.7 cm³/mol. The van der Waals surface area contributed by atoms with Crippen molar-refractivity contribution in [3.8, 4) is 0 Å². The van der Waals surface area contributed by atoms with Crippen LogP contribution in [0, 0.1) is 5.92 Å². The summed E-state index contributed by atoms with van der Waals surface area (Å²) in [5, 5.41) is 3.83. The molecule has 2 aliphatic carbocycles. The third-order valence-corrected chi connectivity index (χ3v) is 6.40. The molecule has 1 aliphatic heterocycles. The van der Waals surface area contributed by atoms with Crippen molar-refractivity contribution in [1.82, 2.24) is 5.32 Å². The van der Waals surface area contributed by atoms with Crippen LogP contribution >= 0.6 is 0 Å². The molecule has 126 valence electrons. The Bertz CT molecular complexity index is 490. The van der Waals surface area contributed by atoms with Gasteiger partial charge in [-0.1, -0.05) is 43.5 Å². The SMILES string of the molecule is c1ccc2c(c1)CC(NCCC1CCOC3(CCCCC3)C1)C2. The fraction of sp³-hybridized carbons (Fsp3) is 0.714. The Kier molecular flexibility index (Phi) is 4.73. The van der Waals surface area contributed by atoms with E-state index in [2.05, 4.69) is 29.6 Å². The molecule has 4 rings (SSSR count). The first-order valence-electron chi connectivity index (χ1n) is 9.77. The van der Waals surface area contributed by atoms with Crippen LogP contribution in [0.25, 0.3) is 0 Å². The van der Waals surface area contributed by atoms with Crippen LogP contribution in [0.5, 0.6) is 0 Å². The van der Waals surface area contributed by atoms with Gasteiger partial charge in [-0.15, -0.1) is 0 Å². The van der Waals surface area contributed by atoms with Gasteiger partial charge in [0.15, 0.2) is 0 Å². The third-order valence-electron chi connectivity index (χ3n) is 6.40. The first-order valence-corrected chi connectivity index (χ1v) is 9.77. The van der Waals surface area contributed by atoms with Gasteiger partial charge in [0.1, 0.15) is 0 Å². The third kappa shape index (κ3) is 3.64. The standard InChI is InChI=1S/C21H31NO/c1-4-10-21(11-5-1)16-17(9-13-23-21)8-12-22-20-14-18-6-2-3-7-19(18)15-20/h2-3,6-7,17,20,22H,1,4-5,8-16H2. The van der Waals surface area contributed by atoms with E-state index in [9.17, 15) is 0 Å². The van der Waals surface area contributed by atoms with Crippen molar-refractivity contribution >= 4 is 0 Å². The van der Waals surface area contributed by atoms with Crippen LogP contribution in [0.4, 0.5) is 0 Å². The topological polar surface area (TPSA) is 21.3 Å². The molecule has 23 heavy (non-hydrogen) atoms. The molecule has 1 heterocycles. The van der Waals surface area contributed by atoms with Gasteiger partial charge in [0.2, 0.25) is 0 Å². The lowest BCUT2D eigenvalue weighted by Crippen LogP contribution is -2.42. The Morgan fingerprint density at radius 3 is 2.52 bits per heavy atom. The summed E-state index contributed by atoms with van der Waals surface area (Å²) < 4.78 is 6.24. The number of ether oxygens (including phenoxy) is 1. The quantitative estimate of drug-likeness (QED) is 0.896. The van der Waals surface area contributed by atoms with E-state index < -0.39 is 0 Å². The fourth-order valence-corrected chi connectivity index (χ4v) is 5.11. The van der Waals surface area contributed by atoms with Gasteiger partial charge in [-0.3, -0.25) is 0 Å². The maximum atomic E-state index is 6.24. The number of hydrogen-bond donors (Lipinski definition) is 1. The monoisotopic (exact) mass is 313 g/mol. The molecule has 1 saturated carbocycles. The van der Waals surface area contributed by atoms with Crippen molar-refractivity contribution in [1.29, 1.82) is 0 Å². The molecule has 0 aromatic heterocycles. The lowest BCUT2D eigenvalue weighted by atomic mass is 9.75. The highest BCUT2D eigenvalue weighted by molar-refractivity contribution is 5.33. The first-order chi connectivity index (χ1) is 11.3. The Morgan fingerprint density at radius 2 is 1.78 bits per heavy atom. The maximum absolute atomic E-state index is 6.24. The molecule has 1 aromatic carbocycles. The molecular weight excluding hydrogens is 282 g/mol.